The van der Waals surface area contributed by atoms with Crippen LogP contribution in [0.2, 0.25) is 0 Å². The molecule has 0 saturated carbocycles. The molecule has 2 nitrogen and oxygen atoms in total. The van der Waals surface area contributed by atoms with Gasteiger partial charge in [0.15, 0.2) is 0 Å². The predicted octanol–water partition coefficient (Wildman–Crippen LogP) is 5.00. The number of nitrogens with one attached hydrogen (secondary N) is 1. The second kappa shape index (κ2) is 5.80. The minimum atomic E-state index is -0.103. The molecule has 0 fully saturated rings. The smallest absolute Gasteiger partial charge is 0.256 e. The molecule has 0 radical (unpaired) electrons. The second-order valence-electron chi connectivity index (χ2n) is 5.73. The van der Waals surface area contributed by atoms with Crippen molar-refractivity contribution in [3.8, 4) is 0 Å². The van der Waals surface area contributed by atoms with E-state index in [2.05, 4.69) is 48.1 Å². The molecule has 0 aliphatic heterocycles. The summed E-state index contributed by atoms with van der Waals surface area (Å²) in [6, 6.07) is 15.3. The standard InChI is InChI=1S/C17H18BrNO/c1-17(2,3)13-9-5-7-11-15(13)19-16(20)12-8-4-6-10-14(12)18/h4-11H,1-3H3,(H,19,20). The van der Waals surface area contributed by atoms with Crippen molar-refractivity contribution in [1.82, 2.24) is 0 Å². The SMILES string of the molecule is CC(C)(C)c1ccccc1NC(=O)c1ccccc1Br. The molecule has 0 unspecified atom stereocenters. The van der Waals surface area contributed by atoms with Crippen molar-refractivity contribution >= 4 is 27.5 Å². The Balaban J connectivity index is 2.32. The fourth-order valence-electron chi connectivity index (χ4n) is 2.08. The van der Waals surface area contributed by atoms with Gasteiger partial charge in [0.25, 0.3) is 5.91 Å². The Labute approximate surface area is 128 Å². The third-order valence-electron chi connectivity index (χ3n) is 3.10. The average Bonchev–Trinajstić information content (AvgIpc) is 2.38. The van der Waals surface area contributed by atoms with Gasteiger partial charge in [0.2, 0.25) is 0 Å². The number of para-hydroxylation sites is 1. The fourth-order valence-corrected chi connectivity index (χ4v) is 2.55. The molecule has 1 N–H and O–H groups in total. The molecule has 0 saturated heterocycles. The van der Waals surface area contributed by atoms with Crippen LogP contribution in [0.4, 0.5) is 5.69 Å². The maximum atomic E-state index is 12.4. The van der Waals surface area contributed by atoms with E-state index in [0.717, 1.165) is 15.7 Å². The average molecular weight is 332 g/mol. The lowest BCUT2D eigenvalue weighted by Crippen LogP contribution is -2.18. The second-order valence-corrected chi connectivity index (χ2v) is 6.58. The molecular weight excluding hydrogens is 314 g/mol. The number of carbonyl (C=O) groups is 1. The van der Waals surface area contributed by atoms with Crippen LogP contribution in [0.3, 0.4) is 0 Å². The molecular formula is C17H18BrNO. The highest BCUT2D eigenvalue weighted by atomic mass is 79.9. The van der Waals surface area contributed by atoms with Gasteiger partial charge >= 0.3 is 0 Å². The fraction of sp³-hybridized carbons (Fsp3) is 0.235. The van der Waals surface area contributed by atoms with E-state index < -0.39 is 0 Å². The Bertz CT molecular complexity index is 629. The van der Waals surface area contributed by atoms with E-state index in [4.69, 9.17) is 0 Å². The minimum Gasteiger partial charge on any atom is -0.322 e. The van der Waals surface area contributed by atoms with Crippen LogP contribution < -0.4 is 5.32 Å². The zero-order chi connectivity index (χ0) is 14.8. The molecule has 0 heterocycles. The Hall–Kier alpha value is -1.61. The quantitative estimate of drug-likeness (QED) is 0.824. The number of anilines is 1. The first-order valence-corrected chi connectivity index (χ1v) is 7.34. The monoisotopic (exact) mass is 331 g/mol. The van der Waals surface area contributed by atoms with Crippen LogP contribution in [0.1, 0.15) is 36.7 Å². The number of carbonyl (C=O) groups excluding carboxylic acids is 1. The molecule has 0 aliphatic rings. The third kappa shape index (κ3) is 3.28. The van der Waals surface area contributed by atoms with Crippen LogP contribution in [0.15, 0.2) is 53.0 Å². The van der Waals surface area contributed by atoms with E-state index in [9.17, 15) is 4.79 Å². The van der Waals surface area contributed by atoms with Crippen LogP contribution in [0, 0.1) is 0 Å². The molecule has 20 heavy (non-hydrogen) atoms. The lowest BCUT2D eigenvalue weighted by molar-refractivity contribution is 0.102. The number of halogens is 1. The van der Waals surface area contributed by atoms with Gasteiger partial charge in [-0.15, -0.1) is 0 Å². The summed E-state index contributed by atoms with van der Waals surface area (Å²) in [6.45, 7) is 6.41. The molecule has 3 heteroatoms. The summed E-state index contributed by atoms with van der Waals surface area (Å²) in [5, 5.41) is 3.01. The van der Waals surface area contributed by atoms with Crippen molar-refractivity contribution in [2.75, 3.05) is 5.32 Å². The maximum Gasteiger partial charge on any atom is 0.256 e. The van der Waals surface area contributed by atoms with Crippen LogP contribution in [-0.4, -0.2) is 5.91 Å². The van der Waals surface area contributed by atoms with Crippen molar-refractivity contribution < 1.29 is 4.79 Å². The van der Waals surface area contributed by atoms with Gasteiger partial charge in [0.1, 0.15) is 0 Å². The van der Waals surface area contributed by atoms with Crippen LogP contribution >= 0.6 is 15.9 Å². The molecule has 0 atom stereocenters. The molecule has 0 aliphatic carbocycles. The van der Waals surface area contributed by atoms with Crippen molar-refractivity contribution in [2.24, 2.45) is 0 Å². The van der Waals surface area contributed by atoms with E-state index in [0.29, 0.717) is 5.56 Å². The summed E-state index contributed by atoms with van der Waals surface area (Å²) in [5.41, 5.74) is 2.61. The first kappa shape index (κ1) is 14.8. The summed E-state index contributed by atoms with van der Waals surface area (Å²) in [5.74, 6) is -0.103. The van der Waals surface area contributed by atoms with Crippen LogP contribution in [0.25, 0.3) is 0 Å². The van der Waals surface area contributed by atoms with Crippen molar-refractivity contribution in [1.29, 1.82) is 0 Å². The largest absolute Gasteiger partial charge is 0.322 e. The molecule has 2 rings (SSSR count). The predicted molar refractivity (Wildman–Crippen MR) is 87.2 cm³/mol. The van der Waals surface area contributed by atoms with E-state index in [1.807, 2.05) is 36.4 Å². The highest BCUT2D eigenvalue weighted by Gasteiger charge is 2.19. The van der Waals surface area contributed by atoms with Gasteiger partial charge in [-0.2, -0.15) is 0 Å². The molecule has 2 aromatic carbocycles. The van der Waals surface area contributed by atoms with Crippen molar-refractivity contribution in [3.63, 3.8) is 0 Å². The van der Waals surface area contributed by atoms with E-state index in [-0.39, 0.29) is 11.3 Å². The van der Waals surface area contributed by atoms with Gasteiger partial charge in [0.05, 0.1) is 5.56 Å². The maximum absolute atomic E-state index is 12.4. The third-order valence-corrected chi connectivity index (χ3v) is 3.79. The number of benzene rings is 2. The Morgan fingerprint density at radius 3 is 2.25 bits per heavy atom. The van der Waals surface area contributed by atoms with Crippen LogP contribution in [0.5, 0.6) is 0 Å². The minimum absolute atomic E-state index is 0.0161. The summed E-state index contributed by atoms with van der Waals surface area (Å²) in [4.78, 5) is 12.4. The van der Waals surface area contributed by atoms with Gasteiger partial charge in [-0.3, -0.25) is 4.79 Å². The first-order chi connectivity index (χ1) is 9.39. The van der Waals surface area contributed by atoms with E-state index >= 15 is 0 Å². The molecule has 104 valence electrons. The lowest BCUT2D eigenvalue weighted by Gasteiger charge is -2.23. The highest BCUT2D eigenvalue weighted by molar-refractivity contribution is 9.10. The molecule has 0 aromatic heterocycles. The number of amides is 1. The van der Waals surface area contributed by atoms with Gasteiger partial charge in [-0.05, 0) is 45.1 Å². The number of rotatable bonds is 2. The van der Waals surface area contributed by atoms with Gasteiger partial charge in [-0.1, -0.05) is 51.1 Å². The van der Waals surface area contributed by atoms with Gasteiger partial charge < -0.3 is 5.32 Å². The molecule has 2 aromatic rings. The van der Waals surface area contributed by atoms with Gasteiger partial charge in [0, 0.05) is 10.2 Å². The van der Waals surface area contributed by atoms with Crippen LogP contribution in [-0.2, 0) is 5.41 Å². The normalized spacial score (nSPS) is 11.2. The molecule has 1 amide bonds. The summed E-state index contributed by atoms with van der Waals surface area (Å²) < 4.78 is 0.797. The molecule has 0 spiro atoms. The summed E-state index contributed by atoms with van der Waals surface area (Å²) in [7, 11) is 0. The first-order valence-electron chi connectivity index (χ1n) is 6.55. The zero-order valence-corrected chi connectivity index (χ0v) is 13.5. The molecule has 0 bridgehead atoms. The van der Waals surface area contributed by atoms with Crippen molar-refractivity contribution in [2.45, 2.75) is 26.2 Å². The number of hydrogen-bond donors (Lipinski definition) is 1. The topological polar surface area (TPSA) is 29.1 Å². The van der Waals surface area contributed by atoms with E-state index in [1.54, 1.807) is 6.07 Å². The summed E-state index contributed by atoms with van der Waals surface area (Å²) >= 11 is 3.41. The lowest BCUT2D eigenvalue weighted by atomic mass is 9.86. The Morgan fingerprint density at radius 1 is 1.00 bits per heavy atom. The zero-order valence-electron chi connectivity index (χ0n) is 11.9. The van der Waals surface area contributed by atoms with Gasteiger partial charge in [-0.25, -0.2) is 0 Å². The van der Waals surface area contributed by atoms with E-state index in [1.165, 1.54) is 0 Å². The Kier molecular flexibility index (Phi) is 4.29. The summed E-state index contributed by atoms with van der Waals surface area (Å²) in [6.07, 6.45) is 0. The Morgan fingerprint density at radius 2 is 1.60 bits per heavy atom. The number of hydrogen-bond acceptors (Lipinski definition) is 1. The van der Waals surface area contributed by atoms with Crippen molar-refractivity contribution in [3.05, 3.63) is 64.1 Å². The highest BCUT2D eigenvalue weighted by Crippen LogP contribution is 2.29.